The third-order valence-corrected chi connectivity index (χ3v) is 4.35. The van der Waals surface area contributed by atoms with E-state index in [9.17, 15) is 9.59 Å². The van der Waals surface area contributed by atoms with Crippen molar-refractivity contribution < 1.29 is 9.59 Å². The van der Waals surface area contributed by atoms with Gasteiger partial charge >= 0.3 is 0 Å². The van der Waals surface area contributed by atoms with Crippen LogP contribution in [0.15, 0.2) is 24.3 Å². The first kappa shape index (κ1) is 17.9. The van der Waals surface area contributed by atoms with Gasteiger partial charge in [0, 0.05) is 44.5 Å². The summed E-state index contributed by atoms with van der Waals surface area (Å²) >= 11 is 11.2. The van der Waals surface area contributed by atoms with Crippen molar-refractivity contribution in [3.63, 3.8) is 0 Å². The van der Waals surface area contributed by atoms with Gasteiger partial charge in [0.25, 0.3) is 11.8 Å². The van der Waals surface area contributed by atoms with Gasteiger partial charge in [0.2, 0.25) is 0 Å². The summed E-state index contributed by atoms with van der Waals surface area (Å²) in [7, 11) is 3.91. The minimum atomic E-state index is -1.02. The maximum atomic E-state index is 12.3. The number of benzene rings is 1. The number of alkyl halides is 2. The SMILES string of the molecule is CN(C)c1ccc(C(=O)NC2CCN(C(=O)C(Cl)Cl)CC2)cc1. The fourth-order valence-electron chi connectivity index (χ4n) is 2.56. The van der Waals surface area contributed by atoms with Crippen LogP contribution in [-0.2, 0) is 4.79 Å². The number of likely N-dealkylation sites (tertiary alicyclic amines) is 1. The van der Waals surface area contributed by atoms with Crippen LogP contribution in [0.3, 0.4) is 0 Å². The molecule has 0 radical (unpaired) electrons. The number of carbonyl (C=O) groups is 2. The maximum absolute atomic E-state index is 12.3. The van der Waals surface area contributed by atoms with Gasteiger partial charge in [-0.25, -0.2) is 0 Å². The summed E-state index contributed by atoms with van der Waals surface area (Å²) in [4.78, 5) is 26.6. The monoisotopic (exact) mass is 357 g/mol. The minimum absolute atomic E-state index is 0.0594. The second-order valence-electron chi connectivity index (χ2n) is 5.82. The van der Waals surface area contributed by atoms with E-state index in [2.05, 4.69) is 5.32 Å². The Kier molecular flexibility index (Phi) is 6.13. The quantitative estimate of drug-likeness (QED) is 0.841. The Morgan fingerprint density at radius 1 is 1.17 bits per heavy atom. The molecule has 0 unspecified atom stereocenters. The van der Waals surface area contributed by atoms with E-state index in [0.29, 0.717) is 31.5 Å². The number of rotatable bonds is 4. The third kappa shape index (κ3) is 4.75. The average Bonchev–Trinajstić information content (AvgIpc) is 2.54. The molecule has 0 bridgehead atoms. The molecule has 2 amide bonds. The summed E-state index contributed by atoms with van der Waals surface area (Å²) in [5, 5.41) is 3.02. The minimum Gasteiger partial charge on any atom is -0.378 e. The van der Waals surface area contributed by atoms with Gasteiger partial charge in [0.1, 0.15) is 0 Å². The van der Waals surface area contributed by atoms with Gasteiger partial charge < -0.3 is 15.1 Å². The molecule has 23 heavy (non-hydrogen) atoms. The second kappa shape index (κ2) is 7.88. The number of anilines is 1. The van der Waals surface area contributed by atoms with Crippen LogP contribution in [0.4, 0.5) is 5.69 Å². The number of nitrogens with one attached hydrogen (secondary N) is 1. The zero-order valence-electron chi connectivity index (χ0n) is 13.3. The lowest BCUT2D eigenvalue weighted by Crippen LogP contribution is -2.47. The first-order valence-corrected chi connectivity index (χ1v) is 8.41. The van der Waals surface area contributed by atoms with Gasteiger partial charge in [-0.05, 0) is 37.1 Å². The van der Waals surface area contributed by atoms with Crippen molar-refractivity contribution in [2.24, 2.45) is 0 Å². The molecular weight excluding hydrogens is 337 g/mol. The Labute approximate surface area is 146 Å². The zero-order chi connectivity index (χ0) is 17.0. The molecule has 1 N–H and O–H groups in total. The van der Waals surface area contributed by atoms with E-state index in [1.165, 1.54) is 0 Å². The number of piperidine rings is 1. The lowest BCUT2D eigenvalue weighted by atomic mass is 10.0. The average molecular weight is 358 g/mol. The van der Waals surface area contributed by atoms with Crippen molar-refractivity contribution >= 4 is 40.7 Å². The lowest BCUT2D eigenvalue weighted by Gasteiger charge is -2.32. The van der Waals surface area contributed by atoms with Crippen LogP contribution < -0.4 is 10.2 Å². The Balaban J connectivity index is 1.86. The van der Waals surface area contributed by atoms with E-state index >= 15 is 0 Å². The molecule has 2 rings (SSSR count). The van der Waals surface area contributed by atoms with Crippen LogP contribution >= 0.6 is 23.2 Å². The molecule has 1 aliphatic rings. The van der Waals surface area contributed by atoms with Gasteiger partial charge in [-0.2, -0.15) is 0 Å². The number of hydrogen-bond acceptors (Lipinski definition) is 3. The topological polar surface area (TPSA) is 52.7 Å². The Morgan fingerprint density at radius 2 is 1.74 bits per heavy atom. The standard InChI is InChI=1S/C16H21Cl2N3O2/c1-20(2)13-5-3-11(4-6-13)15(22)19-12-7-9-21(10-8-12)16(23)14(17)18/h3-6,12,14H,7-10H2,1-2H3,(H,19,22). The second-order valence-corrected chi connectivity index (χ2v) is 6.91. The van der Waals surface area contributed by atoms with Crippen molar-refractivity contribution in [1.29, 1.82) is 0 Å². The molecule has 0 aliphatic carbocycles. The van der Waals surface area contributed by atoms with Crippen molar-refractivity contribution in [2.45, 2.75) is 23.7 Å². The molecule has 1 aliphatic heterocycles. The highest BCUT2D eigenvalue weighted by Gasteiger charge is 2.26. The normalized spacial score (nSPS) is 15.6. The molecule has 1 aromatic carbocycles. The third-order valence-electron chi connectivity index (χ3n) is 3.97. The molecule has 1 saturated heterocycles. The van der Waals surface area contributed by atoms with E-state index in [4.69, 9.17) is 23.2 Å². The van der Waals surface area contributed by atoms with E-state index < -0.39 is 4.84 Å². The van der Waals surface area contributed by atoms with Gasteiger partial charge in [-0.3, -0.25) is 9.59 Å². The zero-order valence-corrected chi connectivity index (χ0v) is 14.8. The molecule has 1 aromatic rings. The molecule has 126 valence electrons. The molecule has 5 nitrogen and oxygen atoms in total. The highest BCUT2D eigenvalue weighted by molar-refractivity contribution is 6.53. The van der Waals surface area contributed by atoms with Crippen molar-refractivity contribution in [2.75, 3.05) is 32.1 Å². The fraction of sp³-hybridized carbons (Fsp3) is 0.500. The molecule has 0 atom stereocenters. The van der Waals surface area contributed by atoms with Crippen LogP contribution in [0.5, 0.6) is 0 Å². The highest BCUT2D eigenvalue weighted by atomic mass is 35.5. The van der Waals surface area contributed by atoms with Crippen molar-refractivity contribution in [3.05, 3.63) is 29.8 Å². The summed E-state index contributed by atoms with van der Waals surface area (Å²) in [6.45, 7) is 1.11. The fourth-order valence-corrected chi connectivity index (χ4v) is 2.84. The molecule has 0 saturated carbocycles. The number of halogens is 2. The van der Waals surface area contributed by atoms with E-state index in [1.54, 1.807) is 4.90 Å². The summed E-state index contributed by atoms with van der Waals surface area (Å²) in [5.41, 5.74) is 1.68. The number of carbonyl (C=O) groups excluding carboxylic acids is 2. The first-order valence-electron chi connectivity index (χ1n) is 7.53. The molecule has 1 heterocycles. The van der Waals surface area contributed by atoms with Crippen molar-refractivity contribution in [1.82, 2.24) is 10.2 Å². The lowest BCUT2D eigenvalue weighted by molar-refractivity contribution is -0.130. The number of nitrogens with zero attached hydrogens (tertiary/aromatic N) is 2. The molecule has 7 heteroatoms. The maximum Gasteiger partial charge on any atom is 0.255 e. The molecular formula is C16H21Cl2N3O2. The Bertz CT molecular complexity index is 553. The summed E-state index contributed by atoms with van der Waals surface area (Å²) < 4.78 is 0. The summed E-state index contributed by atoms with van der Waals surface area (Å²) in [6, 6.07) is 7.52. The van der Waals surface area contributed by atoms with Gasteiger partial charge in [0.05, 0.1) is 0 Å². The molecule has 0 spiro atoms. The van der Waals surface area contributed by atoms with Crippen LogP contribution in [0, 0.1) is 0 Å². The van der Waals surface area contributed by atoms with Gasteiger partial charge in [0.15, 0.2) is 4.84 Å². The Hall–Kier alpha value is -1.46. The van der Waals surface area contributed by atoms with E-state index in [1.807, 2.05) is 43.3 Å². The van der Waals surface area contributed by atoms with Crippen molar-refractivity contribution in [3.8, 4) is 0 Å². The Morgan fingerprint density at radius 3 is 2.22 bits per heavy atom. The summed E-state index contributed by atoms with van der Waals surface area (Å²) in [6.07, 6.45) is 1.40. The largest absolute Gasteiger partial charge is 0.378 e. The smallest absolute Gasteiger partial charge is 0.255 e. The van der Waals surface area contributed by atoms with Crippen LogP contribution in [-0.4, -0.2) is 54.8 Å². The summed E-state index contributed by atoms with van der Waals surface area (Å²) in [5.74, 6) is -0.356. The van der Waals surface area contributed by atoms with Crippen LogP contribution in [0.2, 0.25) is 0 Å². The number of amides is 2. The number of hydrogen-bond donors (Lipinski definition) is 1. The van der Waals surface area contributed by atoms with E-state index in [-0.39, 0.29) is 17.9 Å². The van der Waals surface area contributed by atoms with Gasteiger partial charge in [-0.15, -0.1) is 0 Å². The van der Waals surface area contributed by atoms with Crippen LogP contribution in [0.25, 0.3) is 0 Å². The molecule has 0 aromatic heterocycles. The van der Waals surface area contributed by atoms with Gasteiger partial charge in [-0.1, -0.05) is 23.2 Å². The van der Waals surface area contributed by atoms with Crippen LogP contribution in [0.1, 0.15) is 23.2 Å². The highest BCUT2D eigenvalue weighted by Crippen LogP contribution is 2.16. The molecule has 1 fully saturated rings. The van der Waals surface area contributed by atoms with E-state index in [0.717, 1.165) is 5.69 Å². The predicted octanol–water partition coefficient (Wildman–Crippen LogP) is 2.28. The predicted molar refractivity (Wildman–Crippen MR) is 93.3 cm³/mol. The first-order chi connectivity index (χ1) is 10.9.